The maximum atomic E-state index is 12.3. The number of sulfonamides is 1. The van der Waals surface area contributed by atoms with E-state index in [1.807, 2.05) is 13.0 Å². The smallest absolute Gasteiger partial charge is 0.244 e. The molecule has 0 radical (unpaired) electrons. The monoisotopic (exact) mass is 329 g/mol. The van der Waals surface area contributed by atoms with E-state index in [9.17, 15) is 13.2 Å². The maximum absolute atomic E-state index is 12.3. The Labute approximate surface area is 129 Å². The van der Waals surface area contributed by atoms with Gasteiger partial charge in [-0.3, -0.25) is 4.79 Å². The van der Waals surface area contributed by atoms with E-state index in [0.717, 1.165) is 10.7 Å². The zero-order valence-corrected chi connectivity index (χ0v) is 13.3. The predicted molar refractivity (Wildman–Crippen MR) is 79.3 cm³/mol. The van der Waals surface area contributed by atoms with Crippen LogP contribution in [0.15, 0.2) is 23.1 Å². The van der Waals surface area contributed by atoms with Crippen molar-refractivity contribution in [1.29, 1.82) is 5.26 Å². The van der Waals surface area contributed by atoms with Crippen LogP contribution in [0.25, 0.3) is 0 Å². The average Bonchev–Trinajstić information content (AvgIpc) is 2.44. The van der Waals surface area contributed by atoms with Gasteiger partial charge in [-0.1, -0.05) is 18.5 Å². The summed E-state index contributed by atoms with van der Waals surface area (Å²) >= 11 is 5.90. The first-order chi connectivity index (χ1) is 9.82. The van der Waals surface area contributed by atoms with Crippen molar-refractivity contribution in [3.05, 3.63) is 28.8 Å². The molecule has 0 unspecified atom stereocenters. The lowest BCUT2D eigenvalue weighted by Gasteiger charge is -2.17. The van der Waals surface area contributed by atoms with Crippen molar-refractivity contribution in [2.24, 2.45) is 0 Å². The number of nitriles is 1. The number of hydrogen-bond donors (Lipinski definition) is 1. The molecule has 0 aromatic heterocycles. The molecule has 0 aliphatic heterocycles. The first-order valence-electron chi connectivity index (χ1n) is 6.25. The van der Waals surface area contributed by atoms with E-state index < -0.39 is 10.0 Å². The van der Waals surface area contributed by atoms with Crippen molar-refractivity contribution in [3.8, 4) is 6.07 Å². The number of benzene rings is 1. The molecule has 1 amide bonds. The van der Waals surface area contributed by atoms with Gasteiger partial charge in [0.2, 0.25) is 15.9 Å². The van der Waals surface area contributed by atoms with E-state index in [0.29, 0.717) is 6.54 Å². The summed E-state index contributed by atoms with van der Waals surface area (Å²) in [6.07, 6.45) is 0.768. The van der Waals surface area contributed by atoms with E-state index in [1.165, 1.54) is 25.2 Å². The number of amides is 1. The molecule has 0 spiro atoms. The van der Waals surface area contributed by atoms with Crippen LogP contribution in [0.1, 0.15) is 18.9 Å². The van der Waals surface area contributed by atoms with Gasteiger partial charge in [-0.25, -0.2) is 8.42 Å². The van der Waals surface area contributed by atoms with Gasteiger partial charge in [0.05, 0.1) is 23.2 Å². The predicted octanol–water partition coefficient (Wildman–Crippen LogP) is 1.36. The molecule has 0 aliphatic carbocycles. The molecule has 114 valence electrons. The summed E-state index contributed by atoms with van der Waals surface area (Å²) in [7, 11) is -2.58. The molecule has 6 nitrogen and oxygen atoms in total. The quantitative estimate of drug-likeness (QED) is 0.853. The lowest BCUT2D eigenvalue weighted by molar-refractivity contribution is -0.121. The Morgan fingerprint density at radius 3 is 2.67 bits per heavy atom. The Balaban J connectivity index is 2.95. The molecule has 8 heteroatoms. The van der Waals surface area contributed by atoms with Crippen molar-refractivity contribution >= 4 is 27.5 Å². The number of carbonyl (C=O) groups excluding carboxylic acids is 1. The SMILES string of the molecule is CCCNC(=O)CN(C)S(=O)(=O)c1ccc(C#N)cc1Cl. The topological polar surface area (TPSA) is 90.3 Å². The van der Waals surface area contributed by atoms with Crippen molar-refractivity contribution in [1.82, 2.24) is 9.62 Å². The maximum Gasteiger partial charge on any atom is 0.244 e. The summed E-state index contributed by atoms with van der Waals surface area (Å²) in [6.45, 7) is 2.10. The summed E-state index contributed by atoms with van der Waals surface area (Å²) in [5, 5.41) is 11.3. The Bertz CT molecular complexity index is 668. The van der Waals surface area contributed by atoms with Crippen LogP contribution in [0, 0.1) is 11.3 Å². The molecule has 0 saturated carbocycles. The zero-order valence-electron chi connectivity index (χ0n) is 11.8. The molecule has 1 aromatic carbocycles. The van der Waals surface area contributed by atoms with Crippen molar-refractivity contribution in [3.63, 3.8) is 0 Å². The third-order valence-electron chi connectivity index (χ3n) is 2.69. The van der Waals surface area contributed by atoms with Crippen molar-refractivity contribution in [2.45, 2.75) is 18.2 Å². The van der Waals surface area contributed by atoms with Gasteiger partial charge in [-0.05, 0) is 24.6 Å². The highest BCUT2D eigenvalue weighted by atomic mass is 35.5. The van der Waals surface area contributed by atoms with Crippen LogP contribution in [0.5, 0.6) is 0 Å². The highest BCUT2D eigenvalue weighted by Gasteiger charge is 2.25. The lowest BCUT2D eigenvalue weighted by atomic mass is 10.2. The fourth-order valence-electron chi connectivity index (χ4n) is 1.56. The van der Waals surface area contributed by atoms with Crippen LogP contribution < -0.4 is 5.32 Å². The fraction of sp³-hybridized carbons (Fsp3) is 0.385. The third kappa shape index (κ3) is 4.43. The summed E-state index contributed by atoms with van der Waals surface area (Å²) < 4.78 is 25.6. The number of nitrogens with zero attached hydrogens (tertiary/aromatic N) is 2. The molecule has 0 heterocycles. The van der Waals surface area contributed by atoms with Gasteiger partial charge in [-0.15, -0.1) is 0 Å². The van der Waals surface area contributed by atoms with Gasteiger partial charge >= 0.3 is 0 Å². The summed E-state index contributed by atoms with van der Waals surface area (Å²) in [6, 6.07) is 5.78. The van der Waals surface area contributed by atoms with Gasteiger partial charge in [0.1, 0.15) is 4.90 Å². The van der Waals surface area contributed by atoms with Gasteiger partial charge in [0.25, 0.3) is 0 Å². The minimum absolute atomic E-state index is 0.0464. The second-order valence-corrected chi connectivity index (χ2v) is 6.79. The van der Waals surface area contributed by atoms with Crippen LogP contribution >= 0.6 is 11.6 Å². The number of likely N-dealkylation sites (N-methyl/N-ethyl adjacent to an activating group) is 1. The Kier molecular flexibility index (Phi) is 6.15. The van der Waals surface area contributed by atoms with Gasteiger partial charge in [-0.2, -0.15) is 9.57 Å². The number of rotatable bonds is 6. The molecule has 0 aliphatic rings. The van der Waals surface area contributed by atoms with Crippen LogP contribution in [0.4, 0.5) is 0 Å². The molecule has 0 fully saturated rings. The molecule has 1 rings (SSSR count). The van der Waals surface area contributed by atoms with E-state index in [-0.39, 0.29) is 27.9 Å². The molecule has 21 heavy (non-hydrogen) atoms. The van der Waals surface area contributed by atoms with E-state index >= 15 is 0 Å². The largest absolute Gasteiger partial charge is 0.355 e. The molecular weight excluding hydrogens is 314 g/mol. The summed E-state index contributed by atoms with van der Waals surface area (Å²) in [5.41, 5.74) is 0.266. The van der Waals surface area contributed by atoms with Gasteiger partial charge in [0.15, 0.2) is 0 Å². The summed E-state index contributed by atoms with van der Waals surface area (Å²) in [4.78, 5) is 11.5. The fourth-order valence-corrected chi connectivity index (χ4v) is 3.20. The van der Waals surface area contributed by atoms with E-state index in [4.69, 9.17) is 16.9 Å². The van der Waals surface area contributed by atoms with E-state index in [1.54, 1.807) is 0 Å². The highest BCUT2D eigenvalue weighted by molar-refractivity contribution is 7.89. The molecule has 1 N–H and O–H groups in total. The van der Waals surface area contributed by atoms with Crippen LogP contribution in [0.2, 0.25) is 5.02 Å². The van der Waals surface area contributed by atoms with Crippen LogP contribution in [-0.4, -0.2) is 38.8 Å². The normalized spacial score (nSPS) is 11.2. The Morgan fingerprint density at radius 2 is 2.14 bits per heavy atom. The lowest BCUT2D eigenvalue weighted by Crippen LogP contribution is -2.38. The minimum Gasteiger partial charge on any atom is -0.355 e. The molecule has 0 atom stereocenters. The van der Waals surface area contributed by atoms with E-state index in [2.05, 4.69) is 5.32 Å². The average molecular weight is 330 g/mol. The highest BCUT2D eigenvalue weighted by Crippen LogP contribution is 2.24. The minimum atomic E-state index is -3.88. The number of nitrogens with one attached hydrogen (secondary N) is 1. The second-order valence-electron chi connectivity index (χ2n) is 4.37. The number of carbonyl (C=O) groups is 1. The third-order valence-corrected chi connectivity index (χ3v) is 4.97. The molecule has 0 saturated heterocycles. The molecular formula is C13H16ClN3O3S. The molecule has 0 bridgehead atoms. The standard InChI is InChI=1S/C13H16ClN3O3S/c1-3-6-16-13(18)9-17(2)21(19,20)12-5-4-10(8-15)7-11(12)14/h4-5,7H,3,6,9H2,1-2H3,(H,16,18). The summed E-state index contributed by atoms with van der Waals surface area (Å²) in [5.74, 6) is -0.382. The first kappa shape index (κ1) is 17.4. The first-order valence-corrected chi connectivity index (χ1v) is 8.07. The van der Waals surface area contributed by atoms with Gasteiger partial charge < -0.3 is 5.32 Å². The van der Waals surface area contributed by atoms with Crippen molar-refractivity contribution < 1.29 is 13.2 Å². The molecule has 1 aromatic rings. The number of hydrogen-bond acceptors (Lipinski definition) is 4. The van der Waals surface area contributed by atoms with Crippen molar-refractivity contribution in [2.75, 3.05) is 20.1 Å². The van der Waals surface area contributed by atoms with Crippen LogP contribution in [-0.2, 0) is 14.8 Å². The zero-order chi connectivity index (χ0) is 16.0. The number of halogens is 1. The van der Waals surface area contributed by atoms with Gasteiger partial charge in [0, 0.05) is 13.6 Å². The van der Waals surface area contributed by atoms with Crippen LogP contribution in [0.3, 0.4) is 0 Å². The Morgan fingerprint density at radius 1 is 1.48 bits per heavy atom. The second kappa shape index (κ2) is 7.41. The Hall–Kier alpha value is -1.62.